The van der Waals surface area contributed by atoms with Gasteiger partial charge < -0.3 is 15.4 Å². The van der Waals surface area contributed by atoms with Crippen molar-refractivity contribution < 1.29 is 14.3 Å². The molecule has 0 radical (unpaired) electrons. The molecule has 0 aromatic heterocycles. The van der Waals surface area contributed by atoms with E-state index in [4.69, 9.17) is 4.74 Å². The van der Waals surface area contributed by atoms with Crippen molar-refractivity contribution in [1.29, 1.82) is 0 Å². The van der Waals surface area contributed by atoms with E-state index in [0.29, 0.717) is 13.0 Å². The number of rotatable bonds is 9. The lowest BCUT2D eigenvalue weighted by atomic mass is 9.98. The lowest BCUT2D eigenvalue weighted by molar-refractivity contribution is -0.143. The number of nitrogens with one attached hydrogen (secondary N) is 2. The van der Waals surface area contributed by atoms with Crippen LogP contribution in [0.2, 0.25) is 0 Å². The molecule has 5 nitrogen and oxygen atoms in total. The van der Waals surface area contributed by atoms with Gasteiger partial charge in [0.1, 0.15) is 0 Å². The summed E-state index contributed by atoms with van der Waals surface area (Å²) >= 11 is 0. The fourth-order valence-corrected chi connectivity index (χ4v) is 2.30. The summed E-state index contributed by atoms with van der Waals surface area (Å²) in [6.07, 6.45) is 1.35. The van der Waals surface area contributed by atoms with Crippen LogP contribution in [0.25, 0.3) is 0 Å². The van der Waals surface area contributed by atoms with Crippen LogP contribution < -0.4 is 10.6 Å². The smallest absolute Gasteiger partial charge is 0.308 e. The van der Waals surface area contributed by atoms with Crippen molar-refractivity contribution >= 4 is 11.9 Å². The van der Waals surface area contributed by atoms with E-state index < -0.39 is 0 Å². The minimum Gasteiger partial charge on any atom is -0.466 e. The van der Waals surface area contributed by atoms with Crippen molar-refractivity contribution in [3.63, 3.8) is 0 Å². The van der Waals surface area contributed by atoms with Crippen molar-refractivity contribution in [2.24, 2.45) is 0 Å². The first-order valence-electron chi connectivity index (χ1n) is 7.73. The predicted octanol–water partition coefficient (Wildman–Crippen LogP) is 2.11. The largest absolute Gasteiger partial charge is 0.466 e. The molecule has 0 bridgehead atoms. The van der Waals surface area contributed by atoms with Gasteiger partial charge in [-0.1, -0.05) is 24.3 Å². The van der Waals surface area contributed by atoms with E-state index in [-0.39, 0.29) is 24.3 Å². The first kappa shape index (κ1) is 18.2. The van der Waals surface area contributed by atoms with E-state index in [2.05, 4.69) is 10.6 Å². The maximum Gasteiger partial charge on any atom is 0.308 e. The summed E-state index contributed by atoms with van der Waals surface area (Å²) in [5.74, 6) is -0.348. The van der Waals surface area contributed by atoms with Gasteiger partial charge in [-0.05, 0) is 45.0 Å². The fourth-order valence-electron chi connectivity index (χ4n) is 2.30. The molecule has 1 rings (SSSR count). The van der Waals surface area contributed by atoms with Crippen LogP contribution in [0.1, 0.15) is 43.4 Å². The Hall–Kier alpha value is -1.88. The molecule has 0 spiro atoms. The number of hydrogen-bond acceptors (Lipinski definition) is 4. The topological polar surface area (TPSA) is 67.4 Å². The molecule has 122 valence electrons. The predicted molar refractivity (Wildman–Crippen MR) is 86.5 cm³/mol. The van der Waals surface area contributed by atoms with Crippen LogP contribution in [0.5, 0.6) is 0 Å². The molecule has 22 heavy (non-hydrogen) atoms. The molecular weight excluding hydrogens is 280 g/mol. The zero-order valence-electron chi connectivity index (χ0n) is 13.6. The highest BCUT2D eigenvalue weighted by atomic mass is 16.5. The normalized spacial score (nSPS) is 11.8. The molecule has 0 aliphatic rings. The maximum atomic E-state index is 12.1. The van der Waals surface area contributed by atoms with E-state index in [1.807, 2.05) is 38.2 Å². The SMILES string of the molecule is CCOC(=O)CC(NC(=O)CCCNC)c1ccccc1C. The molecule has 0 saturated carbocycles. The molecule has 2 N–H and O–H groups in total. The Kier molecular flexibility index (Phi) is 8.22. The minimum absolute atomic E-state index is 0.0483. The van der Waals surface area contributed by atoms with Crippen molar-refractivity contribution in [3.05, 3.63) is 35.4 Å². The molecule has 0 saturated heterocycles. The van der Waals surface area contributed by atoms with Gasteiger partial charge in [0.15, 0.2) is 0 Å². The number of ether oxygens (including phenoxy) is 1. The average molecular weight is 306 g/mol. The molecule has 0 fully saturated rings. The Bertz CT molecular complexity index is 489. The lowest BCUT2D eigenvalue weighted by Crippen LogP contribution is -2.31. The summed E-state index contributed by atoms with van der Waals surface area (Å²) < 4.78 is 5.01. The third-order valence-corrected chi connectivity index (χ3v) is 3.41. The maximum absolute atomic E-state index is 12.1. The first-order valence-corrected chi connectivity index (χ1v) is 7.73. The van der Waals surface area contributed by atoms with Gasteiger partial charge in [-0.15, -0.1) is 0 Å². The summed E-state index contributed by atoms with van der Waals surface area (Å²) in [5.41, 5.74) is 2.00. The summed E-state index contributed by atoms with van der Waals surface area (Å²) in [5, 5.41) is 5.97. The van der Waals surface area contributed by atoms with Gasteiger partial charge >= 0.3 is 5.97 Å². The Morgan fingerprint density at radius 1 is 1.27 bits per heavy atom. The van der Waals surface area contributed by atoms with Crippen LogP contribution in [0, 0.1) is 6.92 Å². The second kappa shape index (κ2) is 9.95. The zero-order valence-corrected chi connectivity index (χ0v) is 13.6. The molecular formula is C17H26N2O3. The highest BCUT2D eigenvalue weighted by Gasteiger charge is 2.20. The first-order chi connectivity index (χ1) is 10.6. The Labute approximate surface area is 132 Å². The highest BCUT2D eigenvalue weighted by molar-refractivity contribution is 5.78. The van der Waals surface area contributed by atoms with Crippen LogP contribution in [0.15, 0.2) is 24.3 Å². The number of benzene rings is 1. The van der Waals surface area contributed by atoms with E-state index in [9.17, 15) is 9.59 Å². The zero-order chi connectivity index (χ0) is 16.4. The highest BCUT2D eigenvalue weighted by Crippen LogP contribution is 2.21. The Balaban J connectivity index is 2.76. The van der Waals surface area contributed by atoms with E-state index >= 15 is 0 Å². The molecule has 0 aliphatic heterocycles. The molecule has 1 unspecified atom stereocenters. The van der Waals surface area contributed by atoms with E-state index in [1.54, 1.807) is 6.92 Å². The number of aryl methyl sites for hydroxylation is 1. The average Bonchev–Trinajstić information content (AvgIpc) is 2.47. The number of hydrogen-bond donors (Lipinski definition) is 2. The second-order valence-corrected chi connectivity index (χ2v) is 5.19. The quantitative estimate of drug-likeness (QED) is 0.541. The van der Waals surface area contributed by atoms with Crippen molar-refractivity contribution in [3.8, 4) is 0 Å². The molecule has 0 heterocycles. The van der Waals surface area contributed by atoms with Gasteiger partial charge in [0.2, 0.25) is 5.91 Å². The van der Waals surface area contributed by atoms with Gasteiger partial charge in [0.25, 0.3) is 0 Å². The van der Waals surface area contributed by atoms with Crippen molar-refractivity contribution in [2.75, 3.05) is 20.2 Å². The molecule has 1 amide bonds. The van der Waals surface area contributed by atoms with Crippen LogP contribution >= 0.6 is 0 Å². The van der Waals surface area contributed by atoms with E-state index in [1.165, 1.54) is 0 Å². The molecule has 1 aromatic rings. The van der Waals surface area contributed by atoms with Gasteiger partial charge in [-0.25, -0.2) is 0 Å². The lowest BCUT2D eigenvalue weighted by Gasteiger charge is -2.20. The third kappa shape index (κ3) is 6.26. The standard InChI is InChI=1S/C17H26N2O3/c1-4-22-17(21)12-15(14-9-6-5-8-13(14)2)19-16(20)10-7-11-18-3/h5-6,8-9,15,18H,4,7,10-12H2,1-3H3,(H,19,20). The number of amides is 1. The van der Waals surface area contributed by atoms with E-state index in [0.717, 1.165) is 24.1 Å². The van der Waals surface area contributed by atoms with Crippen LogP contribution in [-0.2, 0) is 14.3 Å². The van der Waals surface area contributed by atoms with Gasteiger partial charge in [0.05, 0.1) is 19.1 Å². The molecule has 0 aliphatic carbocycles. The van der Waals surface area contributed by atoms with Crippen molar-refractivity contribution in [1.82, 2.24) is 10.6 Å². The Morgan fingerprint density at radius 2 is 2.00 bits per heavy atom. The minimum atomic E-state index is -0.345. The van der Waals surface area contributed by atoms with Crippen molar-refractivity contribution in [2.45, 2.75) is 39.2 Å². The number of carbonyl (C=O) groups excluding carboxylic acids is 2. The number of carbonyl (C=O) groups is 2. The molecule has 1 aromatic carbocycles. The van der Waals surface area contributed by atoms with Gasteiger partial charge in [-0.2, -0.15) is 0 Å². The van der Waals surface area contributed by atoms with Crippen LogP contribution in [0.4, 0.5) is 0 Å². The van der Waals surface area contributed by atoms with Gasteiger partial charge in [0, 0.05) is 6.42 Å². The fraction of sp³-hybridized carbons (Fsp3) is 0.529. The summed E-state index contributed by atoms with van der Waals surface area (Å²) in [4.78, 5) is 23.9. The van der Waals surface area contributed by atoms with Gasteiger partial charge in [-0.3, -0.25) is 9.59 Å². The second-order valence-electron chi connectivity index (χ2n) is 5.19. The molecule has 5 heteroatoms. The van der Waals surface area contributed by atoms with Crippen LogP contribution in [-0.4, -0.2) is 32.1 Å². The van der Waals surface area contributed by atoms with Crippen LogP contribution in [0.3, 0.4) is 0 Å². The molecule has 1 atom stereocenters. The summed E-state index contributed by atoms with van der Waals surface area (Å²) in [6.45, 7) is 4.88. The number of esters is 1. The Morgan fingerprint density at radius 3 is 2.64 bits per heavy atom. The summed E-state index contributed by atoms with van der Waals surface area (Å²) in [7, 11) is 1.86. The monoisotopic (exact) mass is 306 g/mol. The summed E-state index contributed by atoms with van der Waals surface area (Å²) in [6, 6.07) is 7.42. The third-order valence-electron chi connectivity index (χ3n) is 3.41.